The molecule has 2 aromatic rings. The van der Waals surface area contributed by atoms with E-state index in [1.807, 2.05) is 6.07 Å². The summed E-state index contributed by atoms with van der Waals surface area (Å²) in [5.41, 5.74) is 3.68. The van der Waals surface area contributed by atoms with Crippen molar-refractivity contribution in [1.29, 1.82) is 0 Å². The number of fused-ring (bicyclic) bond motifs is 1. The zero-order valence-electron chi connectivity index (χ0n) is 12.0. The van der Waals surface area contributed by atoms with Crippen LogP contribution in [0.2, 0.25) is 0 Å². The van der Waals surface area contributed by atoms with E-state index in [9.17, 15) is 0 Å². The predicted octanol–water partition coefficient (Wildman–Crippen LogP) is 3.37. The van der Waals surface area contributed by atoms with Crippen LogP contribution in [-0.2, 0) is 6.42 Å². The topological polar surface area (TPSA) is 45.1 Å². The second-order valence-corrected chi connectivity index (χ2v) is 5.86. The average Bonchev–Trinajstić information content (AvgIpc) is 3.25. The Balaban J connectivity index is 1.86. The van der Waals surface area contributed by atoms with Crippen LogP contribution in [0.25, 0.3) is 10.9 Å². The molecule has 1 aliphatic carbocycles. The summed E-state index contributed by atoms with van der Waals surface area (Å²) in [4.78, 5) is 4.67. The summed E-state index contributed by atoms with van der Waals surface area (Å²) in [7, 11) is 0. The minimum Gasteiger partial charge on any atom is -0.396 e. The van der Waals surface area contributed by atoms with Crippen LogP contribution in [0.4, 0.5) is 5.69 Å². The van der Waals surface area contributed by atoms with Crippen LogP contribution in [-0.4, -0.2) is 23.2 Å². The fourth-order valence-corrected chi connectivity index (χ4v) is 2.77. The van der Waals surface area contributed by atoms with Gasteiger partial charge in [-0.05, 0) is 43.2 Å². The molecule has 1 heterocycles. The molecular formula is C17H22N2O. The lowest BCUT2D eigenvalue weighted by Gasteiger charge is -2.17. The van der Waals surface area contributed by atoms with Gasteiger partial charge in [0.1, 0.15) is 0 Å². The van der Waals surface area contributed by atoms with Gasteiger partial charge in [-0.1, -0.05) is 25.1 Å². The third kappa shape index (κ3) is 2.63. The first kappa shape index (κ1) is 13.4. The van der Waals surface area contributed by atoms with E-state index >= 15 is 0 Å². The number of pyridine rings is 1. The molecule has 1 aliphatic rings. The Morgan fingerprint density at radius 3 is 2.80 bits per heavy atom. The fraction of sp³-hybridized carbons (Fsp3) is 0.471. The van der Waals surface area contributed by atoms with Crippen LogP contribution in [0.5, 0.6) is 0 Å². The number of aryl methyl sites for hydroxylation is 1. The number of para-hydroxylation sites is 1. The van der Waals surface area contributed by atoms with Gasteiger partial charge in [-0.25, -0.2) is 0 Å². The van der Waals surface area contributed by atoms with E-state index in [1.165, 1.54) is 23.9 Å². The number of nitrogens with zero attached hydrogens (tertiary/aromatic N) is 1. The highest BCUT2D eigenvalue weighted by Crippen LogP contribution is 2.48. The third-order valence-electron chi connectivity index (χ3n) is 4.38. The number of benzene rings is 1. The molecule has 0 spiro atoms. The van der Waals surface area contributed by atoms with Gasteiger partial charge in [-0.3, -0.25) is 4.98 Å². The summed E-state index contributed by atoms with van der Waals surface area (Å²) < 4.78 is 0. The molecule has 0 radical (unpaired) electrons. The van der Waals surface area contributed by atoms with E-state index in [-0.39, 0.29) is 0 Å². The first-order chi connectivity index (χ1) is 9.76. The molecule has 0 amide bonds. The number of anilines is 1. The van der Waals surface area contributed by atoms with Crippen LogP contribution in [0.3, 0.4) is 0 Å². The molecule has 0 unspecified atom stereocenters. The van der Waals surface area contributed by atoms with Crippen molar-refractivity contribution in [1.82, 2.24) is 4.98 Å². The molecule has 106 valence electrons. The van der Waals surface area contributed by atoms with E-state index in [1.54, 1.807) is 0 Å². The molecule has 1 saturated carbocycles. The van der Waals surface area contributed by atoms with Gasteiger partial charge in [0.05, 0.1) is 5.52 Å². The van der Waals surface area contributed by atoms with Gasteiger partial charge < -0.3 is 10.4 Å². The molecule has 0 aliphatic heterocycles. The van der Waals surface area contributed by atoms with Gasteiger partial charge in [0.2, 0.25) is 0 Å². The maximum absolute atomic E-state index is 9.16. The molecular weight excluding hydrogens is 248 g/mol. The first-order valence-electron chi connectivity index (χ1n) is 7.50. The normalized spacial score (nSPS) is 16.3. The summed E-state index contributed by atoms with van der Waals surface area (Å²) in [6.07, 6.45) is 4.30. The Bertz CT molecular complexity index is 605. The lowest BCUT2D eigenvalue weighted by atomic mass is 10.0. The summed E-state index contributed by atoms with van der Waals surface area (Å²) >= 11 is 0. The minimum atomic E-state index is 0.291. The van der Waals surface area contributed by atoms with Crippen molar-refractivity contribution in [2.75, 3.05) is 18.5 Å². The molecule has 0 saturated heterocycles. The Labute approximate surface area is 120 Å². The Morgan fingerprint density at radius 1 is 1.30 bits per heavy atom. The zero-order chi connectivity index (χ0) is 14.0. The van der Waals surface area contributed by atoms with Crippen LogP contribution in [0.15, 0.2) is 30.3 Å². The van der Waals surface area contributed by atoms with Gasteiger partial charge in [0.15, 0.2) is 0 Å². The van der Waals surface area contributed by atoms with Gasteiger partial charge in [0.25, 0.3) is 0 Å². The Kier molecular flexibility index (Phi) is 3.62. The van der Waals surface area contributed by atoms with Crippen LogP contribution in [0, 0.1) is 5.41 Å². The monoisotopic (exact) mass is 270 g/mol. The molecule has 2 N–H and O–H groups in total. The molecule has 1 fully saturated rings. The number of rotatable bonds is 6. The van der Waals surface area contributed by atoms with E-state index in [4.69, 9.17) is 5.11 Å². The van der Waals surface area contributed by atoms with Crippen molar-refractivity contribution >= 4 is 16.6 Å². The van der Waals surface area contributed by atoms with Gasteiger partial charge in [-0.2, -0.15) is 0 Å². The second-order valence-electron chi connectivity index (χ2n) is 5.86. The summed E-state index contributed by atoms with van der Waals surface area (Å²) in [6.45, 7) is 3.37. The first-order valence-corrected chi connectivity index (χ1v) is 7.50. The van der Waals surface area contributed by atoms with Crippen molar-refractivity contribution < 1.29 is 5.11 Å². The van der Waals surface area contributed by atoms with Crippen LogP contribution < -0.4 is 5.32 Å². The van der Waals surface area contributed by atoms with Crippen molar-refractivity contribution in [2.45, 2.75) is 32.6 Å². The number of aliphatic hydroxyl groups is 1. The molecule has 0 atom stereocenters. The fourth-order valence-electron chi connectivity index (χ4n) is 2.77. The maximum Gasteiger partial charge on any atom is 0.0726 e. The SMILES string of the molecule is CCc1cc(NCC2(CCO)CC2)c2ccccc2n1. The summed E-state index contributed by atoms with van der Waals surface area (Å²) in [6, 6.07) is 10.4. The van der Waals surface area contributed by atoms with E-state index < -0.39 is 0 Å². The molecule has 3 nitrogen and oxygen atoms in total. The number of aliphatic hydroxyl groups excluding tert-OH is 1. The highest BCUT2D eigenvalue weighted by Gasteiger charge is 2.41. The molecule has 0 bridgehead atoms. The molecule has 1 aromatic carbocycles. The predicted molar refractivity (Wildman–Crippen MR) is 83.0 cm³/mol. The zero-order valence-corrected chi connectivity index (χ0v) is 12.0. The molecule has 3 heteroatoms. The molecule has 1 aromatic heterocycles. The van der Waals surface area contributed by atoms with Gasteiger partial charge in [0, 0.05) is 29.9 Å². The van der Waals surface area contributed by atoms with Gasteiger partial charge >= 0.3 is 0 Å². The van der Waals surface area contributed by atoms with Crippen molar-refractivity contribution in [3.63, 3.8) is 0 Å². The summed E-state index contributed by atoms with van der Waals surface area (Å²) in [5, 5.41) is 13.9. The van der Waals surface area contributed by atoms with E-state index in [0.29, 0.717) is 12.0 Å². The average molecular weight is 270 g/mol. The quantitative estimate of drug-likeness (QED) is 0.846. The number of hydrogen-bond donors (Lipinski definition) is 2. The van der Waals surface area contributed by atoms with E-state index in [0.717, 1.165) is 30.6 Å². The third-order valence-corrected chi connectivity index (χ3v) is 4.38. The minimum absolute atomic E-state index is 0.291. The van der Waals surface area contributed by atoms with Crippen molar-refractivity contribution in [2.24, 2.45) is 5.41 Å². The van der Waals surface area contributed by atoms with Crippen molar-refractivity contribution in [3.8, 4) is 0 Å². The van der Waals surface area contributed by atoms with Crippen LogP contribution in [0.1, 0.15) is 31.9 Å². The smallest absolute Gasteiger partial charge is 0.0726 e. The standard InChI is InChI=1S/C17H22N2O/c1-2-13-11-16(14-5-3-4-6-15(14)19-13)18-12-17(7-8-17)9-10-20/h3-6,11,20H,2,7-10,12H2,1H3,(H,18,19). The highest BCUT2D eigenvalue weighted by atomic mass is 16.3. The molecule has 20 heavy (non-hydrogen) atoms. The van der Waals surface area contributed by atoms with E-state index in [2.05, 4.69) is 41.5 Å². The Hall–Kier alpha value is -1.61. The van der Waals surface area contributed by atoms with Crippen LogP contribution >= 0.6 is 0 Å². The molecule has 3 rings (SSSR count). The van der Waals surface area contributed by atoms with Gasteiger partial charge in [-0.15, -0.1) is 0 Å². The van der Waals surface area contributed by atoms with Crippen molar-refractivity contribution in [3.05, 3.63) is 36.0 Å². The largest absolute Gasteiger partial charge is 0.396 e. The number of aromatic nitrogens is 1. The number of nitrogens with one attached hydrogen (secondary N) is 1. The summed E-state index contributed by atoms with van der Waals surface area (Å²) in [5.74, 6) is 0. The lowest BCUT2D eigenvalue weighted by Crippen LogP contribution is -2.17. The Morgan fingerprint density at radius 2 is 2.10 bits per heavy atom. The maximum atomic E-state index is 9.16. The second kappa shape index (κ2) is 5.41. The number of hydrogen-bond acceptors (Lipinski definition) is 3. The highest BCUT2D eigenvalue weighted by molar-refractivity contribution is 5.91. The lowest BCUT2D eigenvalue weighted by molar-refractivity contribution is 0.253.